The molecule has 0 amide bonds. The van der Waals surface area contributed by atoms with E-state index in [0.717, 1.165) is 5.92 Å². The molecule has 1 N–H and O–H groups in total. The smallest absolute Gasteiger partial charge is 0.0558 e. The summed E-state index contributed by atoms with van der Waals surface area (Å²) in [5.41, 5.74) is 2.50. The highest BCUT2D eigenvalue weighted by Crippen LogP contribution is 2.27. The van der Waals surface area contributed by atoms with E-state index in [1.165, 1.54) is 36.9 Å². The van der Waals surface area contributed by atoms with E-state index in [0.29, 0.717) is 6.04 Å². The molecule has 2 rings (SSSR count). The van der Waals surface area contributed by atoms with Crippen molar-refractivity contribution in [1.82, 2.24) is 4.98 Å². The third-order valence-electron chi connectivity index (χ3n) is 3.49. The molecular weight excluding hydrogens is 184 g/mol. The molecule has 1 saturated carbocycles. The zero-order valence-electron chi connectivity index (χ0n) is 9.66. The van der Waals surface area contributed by atoms with Crippen LogP contribution in [-0.2, 0) is 0 Å². The van der Waals surface area contributed by atoms with E-state index in [2.05, 4.69) is 30.2 Å². The molecule has 82 valence electrons. The minimum absolute atomic E-state index is 0.640. The van der Waals surface area contributed by atoms with Crippen LogP contribution in [0.3, 0.4) is 0 Å². The molecular formula is C13H20N2. The Labute approximate surface area is 92.1 Å². The van der Waals surface area contributed by atoms with Gasteiger partial charge in [0.25, 0.3) is 0 Å². The fraction of sp³-hybridized carbons (Fsp3) is 0.615. The van der Waals surface area contributed by atoms with Crippen LogP contribution in [-0.4, -0.2) is 11.0 Å². The Morgan fingerprint density at radius 3 is 2.87 bits per heavy atom. The molecule has 0 radical (unpaired) electrons. The third kappa shape index (κ3) is 2.49. The minimum Gasteiger partial charge on any atom is -0.381 e. The molecule has 0 spiro atoms. The third-order valence-corrected chi connectivity index (χ3v) is 3.49. The molecule has 1 aromatic heterocycles. The van der Waals surface area contributed by atoms with Crippen molar-refractivity contribution in [2.45, 2.75) is 45.6 Å². The van der Waals surface area contributed by atoms with Crippen molar-refractivity contribution >= 4 is 5.69 Å². The van der Waals surface area contributed by atoms with Gasteiger partial charge in [0.05, 0.1) is 11.9 Å². The molecule has 1 aliphatic carbocycles. The molecule has 0 aliphatic heterocycles. The molecule has 15 heavy (non-hydrogen) atoms. The van der Waals surface area contributed by atoms with Crippen LogP contribution in [0.15, 0.2) is 18.5 Å². The number of aryl methyl sites for hydroxylation is 1. The van der Waals surface area contributed by atoms with Crippen molar-refractivity contribution in [2.24, 2.45) is 5.92 Å². The molecule has 1 fully saturated rings. The normalized spacial score (nSPS) is 26.3. The van der Waals surface area contributed by atoms with Crippen molar-refractivity contribution in [3.63, 3.8) is 0 Å². The van der Waals surface area contributed by atoms with E-state index >= 15 is 0 Å². The van der Waals surface area contributed by atoms with Gasteiger partial charge in [0, 0.05) is 12.2 Å². The molecule has 0 saturated heterocycles. The fourth-order valence-electron chi connectivity index (χ4n) is 2.35. The van der Waals surface area contributed by atoms with Crippen LogP contribution in [0.25, 0.3) is 0 Å². The lowest BCUT2D eigenvalue weighted by molar-refractivity contribution is 0.349. The van der Waals surface area contributed by atoms with Crippen molar-refractivity contribution in [3.8, 4) is 0 Å². The van der Waals surface area contributed by atoms with Crippen molar-refractivity contribution < 1.29 is 0 Å². The Morgan fingerprint density at radius 1 is 1.33 bits per heavy atom. The van der Waals surface area contributed by atoms with Gasteiger partial charge in [0.15, 0.2) is 0 Å². The molecule has 0 unspecified atom stereocenters. The van der Waals surface area contributed by atoms with Gasteiger partial charge in [-0.1, -0.05) is 19.8 Å². The number of pyridine rings is 1. The first-order chi connectivity index (χ1) is 7.27. The summed E-state index contributed by atoms with van der Waals surface area (Å²) in [5, 5.41) is 3.64. The largest absolute Gasteiger partial charge is 0.381 e. The van der Waals surface area contributed by atoms with E-state index in [1.54, 1.807) is 0 Å². The first-order valence-corrected chi connectivity index (χ1v) is 5.94. The second-order valence-corrected chi connectivity index (χ2v) is 4.70. The summed E-state index contributed by atoms with van der Waals surface area (Å²) >= 11 is 0. The molecule has 2 atom stereocenters. The van der Waals surface area contributed by atoms with Gasteiger partial charge in [-0.15, -0.1) is 0 Å². The van der Waals surface area contributed by atoms with Gasteiger partial charge < -0.3 is 5.32 Å². The molecule has 2 nitrogen and oxygen atoms in total. The first kappa shape index (κ1) is 10.5. The standard InChI is InChI=1S/C13H20N2/c1-10-5-3-4-6-12(10)15-13-9-14-8-7-11(13)2/h7-10,12,15H,3-6H2,1-2H3/t10-,12-/m0/s1. The van der Waals surface area contributed by atoms with Crippen molar-refractivity contribution in [3.05, 3.63) is 24.0 Å². The van der Waals surface area contributed by atoms with Crippen molar-refractivity contribution in [1.29, 1.82) is 0 Å². The first-order valence-electron chi connectivity index (χ1n) is 5.94. The minimum atomic E-state index is 0.640. The predicted octanol–water partition coefficient (Wildman–Crippen LogP) is 3.38. The van der Waals surface area contributed by atoms with Gasteiger partial charge in [-0.05, 0) is 37.3 Å². The number of rotatable bonds is 2. The Balaban J connectivity index is 2.04. The summed E-state index contributed by atoms with van der Waals surface area (Å²) in [6.07, 6.45) is 9.21. The van der Waals surface area contributed by atoms with Gasteiger partial charge in [-0.2, -0.15) is 0 Å². The summed E-state index contributed by atoms with van der Waals surface area (Å²) in [6.45, 7) is 4.49. The molecule has 1 aliphatic rings. The van der Waals surface area contributed by atoms with Gasteiger partial charge in [-0.3, -0.25) is 4.98 Å². The second-order valence-electron chi connectivity index (χ2n) is 4.70. The number of hydrogen-bond donors (Lipinski definition) is 1. The number of hydrogen-bond acceptors (Lipinski definition) is 2. The number of nitrogens with one attached hydrogen (secondary N) is 1. The van der Waals surface area contributed by atoms with Crippen LogP contribution < -0.4 is 5.32 Å². The maximum atomic E-state index is 4.17. The Bertz CT molecular complexity index is 322. The zero-order chi connectivity index (χ0) is 10.7. The number of aromatic nitrogens is 1. The summed E-state index contributed by atoms with van der Waals surface area (Å²) in [7, 11) is 0. The zero-order valence-corrected chi connectivity index (χ0v) is 9.66. The van der Waals surface area contributed by atoms with Crippen LogP contribution in [0.1, 0.15) is 38.2 Å². The molecule has 0 aromatic carbocycles. The average Bonchev–Trinajstić information content (AvgIpc) is 2.24. The Morgan fingerprint density at radius 2 is 2.13 bits per heavy atom. The van der Waals surface area contributed by atoms with E-state index < -0.39 is 0 Å². The van der Waals surface area contributed by atoms with Crippen LogP contribution in [0, 0.1) is 12.8 Å². The summed E-state index contributed by atoms with van der Waals surface area (Å²) in [5.74, 6) is 0.790. The molecule has 2 heteroatoms. The maximum absolute atomic E-state index is 4.17. The average molecular weight is 204 g/mol. The highest BCUT2D eigenvalue weighted by molar-refractivity contribution is 5.48. The lowest BCUT2D eigenvalue weighted by Gasteiger charge is -2.30. The lowest BCUT2D eigenvalue weighted by atomic mass is 9.86. The van der Waals surface area contributed by atoms with E-state index in [1.807, 2.05) is 12.4 Å². The monoisotopic (exact) mass is 204 g/mol. The topological polar surface area (TPSA) is 24.9 Å². The van der Waals surface area contributed by atoms with E-state index in [4.69, 9.17) is 0 Å². The van der Waals surface area contributed by atoms with Crippen LogP contribution in [0.4, 0.5) is 5.69 Å². The SMILES string of the molecule is Cc1ccncc1N[C@H]1CCCC[C@@H]1C. The molecule has 1 aromatic rings. The number of anilines is 1. The highest BCUT2D eigenvalue weighted by atomic mass is 14.9. The highest BCUT2D eigenvalue weighted by Gasteiger charge is 2.21. The predicted molar refractivity (Wildman–Crippen MR) is 64.0 cm³/mol. The van der Waals surface area contributed by atoms with Crippen LogP contribution in [0.5, 0.6) is 0 Å². The maximum Gasteiger partial charge on any atom is 0.0558 e. The Kier molecular flexibility index (Phi) is 3.24. The number of nitrogens with zero attached hydrogens (tertiary/aromatic N) is 1. The van der Waals surface area contributed by atoms with E-state index in [9.17, 15) is 0 Å². The second kappa shape index (κ2) is 4.65. The van der Waals surface area contributed by atoms with Gasteiger partial charge in [-0.25, -0.2) is 0 Å². The van der Waals surface area contributed by atoms with Crippen LogP contribution >= 0.6 is 0 Å². The molecule has 0 bridgehead atoms. The summed E-state index contributed by atoms with van der Waals surface area (Å²) in [4.78, 5) is 4.17. The summed E-state index contributed by atoms with van der Waals surface area (Å²) in [6, 6.07) is 2.71. The van der Waals surface area contributed by atoms with Gasteiger partial charge in [0.2, 0.25) is 0 Å². The summed E-state index contributed by atoms with van der Waals surface area (Å²) < 4.78 is 0. The quantitative estimate of drug-likeness (QED) is 0.798. The van der Waals surface area contributed by atoms with Gasteiger partial charge in [0.1, 0.15) is 0 Å². The van der Waals surface area contributed by atoms with Crippen LogP contribution in [0.2, 0.25) is 0 Å². The fourth-order valence-corrected chi connectivity index (χ4v) is 2.35. The van der Waals surface area contributed by atoms with E-state index in [-0.39, 0.29) is 0 Å². The van der Waals surface area contributed by atoms with Gasteiger partial charge >= 0.3 is 0 Å². The molecule has 1 heterocycles. The lowest BCUT2D eigenvalue weighted by Crippen LogP contribution is -2.30. The van der Waals surface area contributed by atoms with Crippen molar-refractivity contribution in [2.75, 3.05) is 5.32 Å². The Hall–Kier alpha value is -1.05.